The van der Waals surface area contributed by atoms with E-state index in [9.17, 15) is 4.79 Å². The predicted octanol–water partition coefficient (Wildman–Crippen LogP) is 5.08. The first-order valence-electron chi connectivity index (χ1n) is 8.78. The van der Waals surface area contributed by atoms with Crippen molar-refractivity contribution in [1.82, 2.24) is 0 Å². The first kappa shape index (κ1) is 16.5. The van der Waals surface area contributed by atoms with E-state index in [2.05, 4.69) is 19.2 Å². The van der Waals surface area contributed by atoms with Gasteiger partial charge in [-0.05, 0) is 37.0 Å². The fourth-order valence-electron chi connectivity index (χ4n) is 3.63. The van der Waals surface area contributed by atoms with Crippen LogP contribution >= 0.6 is 11.6 Å². The zero-order valence-corrected chi connectivity index (χ0v) is 14.7. The lowest BCUT2D eigenvalue weighted by molar-refractivity contribution is -0.118. The fraction of sp³-hybridized carbons (Fsp3) is 0.579. The number of fused-ring (bicyclic) bond motifs is 1. The van der Waals surface area contributed by atoms with Crippen LogP contribution in [0.4, 0.5) is 5.69 Å². The molecule has 3 rings (SSSR count). The molecule has 1 amide bonds. The highest BCUT2D eigenvalue weighted by Crippen LogP contribution is 2.34. The van der Waals surface area contributed by atoms with Gasteiger partial charge in [-0.3, -0.25) is 9.79 Å². The molecule has 0 bridgehead atoms. The molecule has 2 atom stereocenters. The number of benzodiazepines with no additional fused rings is 1. The summed E-state index contributed by atoms with van der Waals surface area (Å²) < 4.78 is 0. The van der Waals surface area contributed by atoms with Gasteiger partial charge in [0.15, 0.2) is 0 Å². The zero-order valence-electron chi connectivity index (χ0n) is 13.9. The lowest BCUT2D eigenvalue weighted by Gasteiger charge is -2.25. The molecule has 1 aromatic carbocycles. The molecule has 1 aliphatic carbocycles. The summed E-state index contributed by atoms with van der Waals surface area (Å²) in [6, 6.07) is 5.40. The quantitative estimate of drug-likeness (QED) is 0.824. The van der Waals surface area contributed by atoms with E-state index in [1.165, 1.54) is 19.3 Å². The summed E-state index contributed by atoms with van der Waals surface area (Å²) in [6.07, 6.45) is 7.05. The maximum atomic E-state index is 12.6. The minimum absolute atomic E-state index is 0.00809. The van der Waals surface area contributed by atoms with Crippen LogP contribution in [-0.4, -0.2) is 17.7 Å². The Hall–Kier alpha value is -1.35. The third-order valence-corrected chi connectivity index (χ3v) is 5.47. The monoisotopic (exact) mass is 332 g/mol. The van der Waals surface area contributed by atoms with Crippen LogP contribution in [0.1, 0.15) is 57.9 Å². The predicted molar refractivity (Wildman–Crippen MR) is 96.4 cm³/mol. The number of hydrogen-bond donors (Lipinski definition) is 1. The molecule has 1 N–H and O–H groups in total. The Balaban J connectivity index is 2.08. The van der Waals surface area contributed by atoms with Gasteiger partial charge in [-0.2, -0.15) is 0 Å². The highest BCUT2D eigenvalue weighted by atomic mass is 35.5. The number of carbonyl (C=O) groups excluding carboxylic acids is 1. The lowest BCUT2D eigenvalue weighted by Crippen LogP contribution is -2.31. The van der Waals surface area contributed by atoms with E-state index in [-0.39, 0.29) is 17.9 Å². The molecule has 4 heteroatoms. The molecule has 1 unspecified atom stereocenters. The molecule has 1 heterocycles. The summed E-state index contributed by atoms with van der Waals surface area (Å²) in [5.74, 6) is 0.687. The van der Waals surface area contributed by atoms with Crippen molar-refractivity contribution in [1.29, 1.82) is 0 Å². The first-order chi connectivity index (χ1) is 11.1. The number of amides is 1. The summed E-state index contributed by atoms with van der Waals surface area (Å²) in [5, 5.41) is 3.77. The second-order valence-electron chi connectivity index (χ2n) is 6.86. The number of rotatable bonds is 3. The van der Waals surface area contributed by atoms with E-state index in [0.29, 0.717) is 10.9 Å². The average Bonchev–Trinajstić information content (AvgIpc) is 2.71. The Morgan fingerprint density at radius 1 is 1.30 bits per heavy atom. The van der Waals surface area contributed by atoms with E-state index >= 15 is 0 Å². The number of halogens is 1. The number of anilines is 1. The molecule has 1 aliphatic heterocycles. The molecule has 23 heavy (non-hydrogen) atoms. The smallest absolute Gasteiger partial charge is 0.249 e. The van der Waals surface area contributed by atoms with Gasteiger partial charge in [0.05, 0.1) is 0 Å². The van der Waals surface area contributed by atoms with Crippen molar-refractivity contribution in [2.45, 2.75) is 58.4 Å². The number of hydrogen-bond acceptors (Lipinski definition) is 2. The van der Waals surface area contributed by atoms with Crippen LogP contribution < -0.4 is 5.32 Å². The highest BCUT2D eigenvalue weighted by Gasteiger charge is 2.32. The third-order valence-electron chi connectivity index (χ3n) is 5.24. The van der Waals surface area contributed by atoms with Gasteiger partial charge < -0.3 is 5.32 Å². The van der Waals surface area contributed by atoms with Gasteiger partial charge in [-0.1, -0.05) is 51.1 Å². The van der Waals surface area contributed by atoms with Crippen LogP contribution in [-0.2, 0) is 4.79 Å². The van der Waals surface area contributed by atoms with Gasteiger partial charge >= 0.3 is 0 Å². The second kappa shape index (κ2) is 7.04. The second-order valence-corrected chi connectivity index (χ2v) is 7.30. The van der Waals surface area contributed by atoms with Gasteiger partial charge in [-0.25, -0.2) is 0 Å². The summed E-state index contributed by atoms with van der Waals surface area (Å²) >= 11 is 6.23. The Bertz CT molecular complexity index is 620. The fourth-order valence-corrected chi connectivity index (χ4v) is 3.80. The molecule has 1 saturated carbocycles. The average molecular weight is 333 g/mol. The first-order valence-corrected chi connectivity index (χ1v) is 9.16. The summed E-state index contributed by atoms with van der Waals surface area (Å²) in [4.78, 5) is 17.6. The third kappa shape index (κ3) is 3.45. The van der Waals surface area contributed by atoms with E-state index in [1.54, 1.807) is 0 Å². The summed E-state index contributed by atoms with van der Waals surface area (Å²) in [5.41, 5.74) is 2.96. The van der Waals surface area contributed by atoms with Crippen molar-refractivity contribution in [3.05, 3.63) is 28.8 Å². The molecule has 3 nitrogen and oxygen atoms in total. The lowest BCUT2D eigenvalue weighted by atomic mass is 9.82. The minimum atomic E-state index is -0.303. The number of nitrogens with zero attached hydrogens (tertiary/aromatic N) is 1. The standard InChI is InChI=1S/C19H25ClN2O/c1-3-12(2)17-19(23)21-16-10-9-14(20)11-15(16)18(22-17)13-7-5-4-6-8-13/h9-13,17H,3-8H2,1-2H3,(H,21,23)/t12-,17?/m0/s1. The van der Waals surface area contributed by atoms with Crippen molar-refractivity contribution in [2.24, 2.45) is 16.8 Å². The summed E-state index contributed by atoms with van der Waals surface area (Å²) in [6.45, 7) is 4.22. The molecular weight excluding hydrogens is 308 g/mol. The van der Waals surface area contributed by atoms with Gasteiger partial charge in [0, 0.05) is 27.9 Å². The number of aliphatic imine (C=N–C) groups is 1. The number of nitrogens with one attached hydrogen (secondary N) is 1. The number of benzene rings is 1. The Morgan fingerprint density at radius 3 is 2.74 bits per heavy atom. The molecule has 124 valence electrons. The van der Waals surface area contributed by atoms with Gasteiger partial charge in [-0.15, -0.1) is 0 Å². The normalized spacial score (nSPS) is 23.5. The zero-order chi connectivity index (χ0) is 16.4. The molecule has 0 aromatic heterocycles. The SMILES string of the molecule is CC[C@H](C)C1N=C(C2CCCCC2)c2cc(Cl)ccc2NC1=O. The van der Waals surface area contributed by atoms with Crippen LogP contribution in [0.5, 0.6) is 0 Å². The van der Waals surface area contributed by atoms with Crippen LogP contribution in [0.25, 0.3) is 0 Å². The largest absolute Gasteiger partial charge is 0.324 e. The van der Waals surface area contributed by atoms with Crippen LogP contribution in [0.15, 0.2) is 23.2 Å². The maximum Gasteiger partial charge on any atom is 0.249 e. The molecular formula is C19H25ClN2O. The topological polar surface area (TPSA) is 41.5 Å². The number of carbonyl (C=O) groups is 1. The summed E-state index contributed by atoms with van der Waals surface area (Å²) in [7, 11) is 0. The van der Waals surface area contributed by atoms with Crippen molar-refractivity contribution in [3.63, 3.8) is 0 Å². The van der Waals surface area contributed by atoms with E-state index in [4.69, 9.17) is 16.6 Å². The van der Waals surface area contributed by atoms with Crippen LogP contribution in [0.3, 0.4) is 0 Å². The van der Waals surface area contributed by atoms with Gasteiger partial charge in [0.2, 0.25) is 5.91 Å². The molecule has 1 fully saturated rings. The van der Waals surface area contributed by atoms with Gasteiger partial charge in [0.1, 0.15) is 6.04 Å². The maximum absolute atomic E-state index is 12.6. The Kier molecular flexibility index (Phi) is 5.05. The minimum Gasteiger partial charge on any atom is -0.324 e. The molecule has 2 aliphatic rings. The highest BCUT2D eigenvalue weighted by molar-refractivity contribution is 6.31. The van der Waals surface area contributed by atoms with E-state index in [0.717, 1.165) is 36.2 Å². The Morgan fingerprint density at radius 2 is 2.04 bits per heavy atom. The molecule has 1 aromatic rings. The van der Waals surface area contributed by atoms with Crippen molar-refractivity contribution in [2.75, 3.05) is 5.32 Å². The molecule has 0 saturated heterocycles. The molecule has 0 spiro atoms. The Labute approximate surface area is 143 Å². The molecule has 0 radical (unpaired) electrons. The van der Waals surface area contributed by atoms with Crippen LogP contribution in [0.2, 0.25) is 5.02 Å². The van der Waals surface area contributed by atoms with E-state index in [1.807, 2.05) is 18.2 Å². The van der Waals surface area contributed by atoms with E-state index < -0.39 is 0 Å². The van der Waals surface area contributed by atoms with Crippen molar-refractivity contribution in [3.8, 4) is 0 Å². The van der Waals surface area contributed by atoms with Crippen LogP contribution in [0, 0.1) is 11.8 Å². The van der Waals surface area contributed by atoms with Crippen molar-refractivity contribution >= 4 is 28.9 Å². The van der Waals surface area contributed by atoms with Crippen molar-refractivity contribution < 1.29 is 4.79 Å². The van der Waals surface area contributed by atoms with Gasteiger partial charge in [0.25, 0.3) is 0 Å².